The van der Waals surface area contributed by atoms with E-state index in [1.54, 1.807) is 7.05 Å². The average molecular weight is 365 g/mol. The van der Waals surface area contributed by atoms with Gasteiger partial charge in [-0.2, -0.15) is 0 Å². The number of hydrogen-bond donors (Lipinski definition) is 2. The van der Waals surface area contributed by atoms with Crippen LogP contribution in [0.4, 0.5) is 0 Å². The number of rotatable bonds is 5. The summed E-state index contributed by atoms with van der Waals surface area (Å²) >= 11 is 6.13. The molecule has 25 heavy (non-hydrogen) atoms. The molecule has 1 aromatic rings. The van der Waals surface area contributed by atoms with Crippen molar-refractivity contribution in [3.63, 3.8) is 0 Å². The summed E-state index contributed by atoms with van der Waals surface area (Å²) in [4.78, 5) is 18.3. The summed E-state index contributed by atoms with van der Waals surface area (Å²) in [6.45, 7) is 6.96. The lowest BCUT2D eigenvalue weighted by Gasteiger charge is -2.26. The van der Waals surface area contributed by atoms with Crippen molar-refractivity contribution in [1.82, 2.24) is 15.5 Å². The molecule has 0 atom stereocenters. The summed E-state index contributed by atoms with van der Waals surface area (Å²) in [6, 6.07) is 8.06. The van der Waals surface area contributed by atoms with Crippen molar-refractivity contribution in [3.8, 4) is 0 Å². The van der Waals surface area contributed by atoms with Gasteiger partial charge in [0.05, 0.1) is 6.54 Å². The molecule has 1 amide bonds. The highest BCUT2D eigenvalue weighted by Crippen LogP contribution is 2.48. The monoisotopic (exact) mass is 364 g/mol. The standard InChI is InChI=1S/C19H29ClN4O/c1-18(2,3)23-16(25)12-24(5)17(21-4)22-13-19(9-10-19)14-7-6-8-15(20)11-14/h6-8,11H,9-10,12-13H2,1-5H3,(H,21,22)(H,23,25). The smallest absolute Gasteiger partial charge is 0.240 e. The number of benzene rings is 1. The molecule has 1 aromatic carbocycles. The SMILES string of the molecule is CN=C(NCC1(c2cccc(Cl)c2)CC1)N(C)CC(=O)NC(C)(C)C. The van der Waals surface area contributed by atoms with Gasteiger partial charge in [-0.05, 0) is 51.3 Å². The molecule has 0 aromatic heterocycles. The van der Waals surface area contributed by atoms with Crippen LogP contribution in [-0.4, -0.2) is 49.5 Å². The van der Waals surface area contributed by atoms with Crippen molar-refractivity contribution in [1.29, 1.82) is 0 Å². The highest BCUT2D eigenvalue weighted by molar-refractivity contribution is 6.30. The normalized spacial score (nSPS) is 16.3. The third-order valence-corrected chi connectivity index (χ3v) is 4.58. The van der Waals surface area contributed by atoms with Crippen molar-refractivity contribution >= 4 is 23.5 Å². The van der Waals surface area contributed by atoms with E-state index in [0.717, 1.165) is 30.4 Å². The predicted octanol–water partition coefficient (Wildman–Crippen LogP) is 2.79. The maximum atomic E-state index is 12.1. The van der Waals surface area contributed by atoms with Crippen LogP contribution in [0.25, 0.3) is 0 Å². The number of aliphatic imine (C=N–C) groups is 1. The molecule has 0 heterocycles. The van der Waals surface area contributed by atoms with Gasteiger partial charge in [0.15, 0.2) is 5.96 Å². The quantitative estimate of drug-likeness (QED) is 0.624. The highest BCUT2D eigenvalue weighted by atomic mass is 35.5. The molecule has 0 unspecified atom stereocenters. The fourth-order valence-corrected chi connectivity index (χ4v) is 3.11. The van der Waals surface area contributed by atoms with Crippen LogP contribution in [0.1, 0.15) is 39.2 Å². The lowest BCUT2D eigenvalue weighted by atomic mass is 9.96. The number of nitrogens with one attached hydrogen (secondary N) is 2. The fraction of sp³-hybridized carbons (Fsp3) is 0.579. The topological polar surface area (TPSA) is 56.7 Å². The van der Waals surface area contributed by atoms with Gasteiger partial charge < -0.3 is 15.5 Å². The van der Waals surface area contributed by atoms with Gasteiger partial charge in [-0.25, -0.2) is 0 Å². The second-order valence-corrected chi connectivity index (χ2v) is 8.28. The zero-order valence-electron chi connectivity index (χ0n) is 15.8. The van der Waals surface area contributed by atoms with E-state index in [1.165, 1.54) is 5.56 Å². The van der Waals surface area contributed by atoms with Crippen molar-refractivity contribution in [2.45, 2.75) is 44.6 Å². The number of carbonyl (C=O) groups excluding carboxylic acids is 1. The van der Waals surface area contributed by atoms with E-state index in [1.807, 2.05) is 50.9 Å². The molecule has 0 bridgehead atoms. The number of amides is 1. The van der Waals surface area contributed by atoms with Gasteiger partial charge in [-0.1, -0.05) is 23.7 Å². The number of halogens is 1. The number of nitrogens with zero attached hydrogens (tertiary/aromatic N) is 2. The van der Waals surface area contributed by atoms with E-state index in [4.69, 9.17) is 11.6 Å². The second kappa shape index (κ2) is 7.65. The van der Waals surface area contributed by atoms with Gasteiger partial charge in [-0.3, -0.25) is 9.79 Å². The lowest BCUT2D eigenvalue weighted by Crippen LogP contribution is -2.49. The van der Waals surface area contributed by atoms with Gasteiger partial charge in [-0.15, -0.1) is 0 Å². The number of likely N-dealkylation sites (N-methyl/N-ethyl adjacent to an activating group) is 1. The predicted molar refractivity (Wildman–Crippen MR) is 104 cm³/mol. The molecule has 0 spiro atoms. The van der Waals surface area contributed by atoms with Crippen LogP contribution in [0, 0.1) is 0 Å². The minimum absolute atomic E-state index is 0.0195. The van der Waals surface area contributed by atoms with Crippen LogP contribution in [0.15, 0.2) is 29.3 Å². The summed E-state index contributed by atoms with van der Waals surface area (Å²) in [5.74, 6) is 0.700. The molecule has 1 aliphatic carbocycles. The minimum Gasteiger partial charge on any atom is -0.355 e. The molecule has 2 rings (SSSR count). The summed E-state index contributed by atoms with van der Waals surface area (Å²) in [5, 5.41) is 7.15. The van der Waals surface area contributed by atoms with Crippen LogP contribution in [-0.2, 0) is 10.2 Å². The van der Waals surface area contributed by atoms with Crippen LogP contribution in [0.2, 0.25) is 5.02 Å². The molecule has 0 radical (unpaired) electrons. The Bertz CT molecular complexity index is 647. The Kier molecular flexibility index (Phi) is 5.99. The second-order valence-electron chi connectivity index (χ2n) is 7.85. The third kappa shape index (κ3) is 5.63. The van der Waals surface area contributed by atoms with E-state index in [-0.39, 0.29) is 23.4 Å². The molecule has 0 saturated heterocycles. The summed E-state index contributed by atoms with van der Waals surface area (Å²) < 4.78 is 0. The molecule has 1 fully saturated rings. The first kappa shape index (κ1) is 19.6. The van der Waals surface area contributed by atoms with E-state index >= 15 is 0 Å². The minimum atomic E-state index is -0.237. The van der Waals surface area contributed by atoms with Crippen molar-refractivity contribution in [3.05, 3.63) is 34.9 Å². The van der Waals surface area contributed by atoms with Crippen LogP contribution < -0.4 is 10.6 Å². The first-order valence-electron chi connectivity index (χ1n) is 8.64. The van der Waals surface area contributed by atoms with Gasteiger partial charge in [0.25, 0.3) is 0 Å². The van der Waals surface area contributed by atoms with Gasteiger partial charge in [0, 0.05) is 36.6 Å². The number of guanidine groups is 1. The van der Waals surface area contributed by atoms with Crippen molar-refractivity contribution in [2.24, 2.45) is 4.99 Å². The molecule has 2 N–H and O–H groups in total. The Morgan fingerprint density at radius 2 is 2.04 bits per heavy atom. The van der Waals surface area contributed by atoms with E-state index in [9.17, 15) is 4.79 Å². The van der Waals surface area contributed by atoms with Crippen LogP contribution in [0.5, 0.6) is 0 Å². The van der Waals surface area contributed by atoms with Crippen LogP contribution in [0.3, 0.4) is 0 Å². The molecule has 1 saturated carbocycles. The van der Waals surface area contributed by atoms with Crippen molar-refractivity contribution in [2.75, 3.05) is 27.2 Å². The fourth-order valence-electron chi connectivity index (χ4n) is 2.92. The summed E-state index contributed by atoms with van der Waals surface area (Å²) in [7, 11) is 3.61. The maximum absolute atomic E-state index is 12.1. The first-order chi connectivity index (χ1) is 11.6. The highest BCUT2D eigenvalue weighted by Gasteiger charge is 2.44. The summed E-state index contributed by atoms with van der Waals surface area (Å²) in [6.07, 6.45) is 2.26. The van der Waals surface area contributed by atoms with Crippen LogP contribution >= 0.6 is 11.6 Å². The summed E-state index contributed by atoms with van der Waals surface area (Å²) in [5.41, 5.74) is 1.14. The number of hydrogen-bond acceptors (Lipinski definition) is 2. The van der Waals surface area contributed by atoms with Gasteiger partial charge in [0.2, 0.25) is 5.91 Å². The zero-order chi connectivity index (χ0) is 18.7. The molecule has 0 aliphatic heterocycles. The largest absolute Gasteiger partial charge is 0.355 e. The lowest BCUT2D eigenvalue weighted by molar-refractivity contribution is -0.122. The van der Waals surface area contributed by atoms with E-state index < -0.39 is 0 Å². The molecule has 1 aliphatic rings. The van der Waals surface area contributed by atoms with Gasteiger partial charge in [0.1, 0.15) is 0 Å². The van der Waals surface area contributed by atoms with Gasteiger partial charge >= 0.3 is 0 Å². The third-order valence-electron chi connectivity index (χ3n) is 4.34. The Morgan fingerprint density at radius 3 is 2.56 bits per heavy atom. The molecule has 5 nitrogen and oxygen atoms in total. The first-order valence-corrected chi connectivity index (χ1v) is 9.02. The molecule has 6 heteroatoms. The molecular formula is C19H29ClN4O. The Balaban J connectivity index is 1.93. The Morgan fingerprint density at radius 1 is 1.36 bits per heavy atom. The zero-order valence-corrected chi connectivity index (χ0v) is 16.6. The van der Waals surface area contributed by atoms with E-state index in [0.29, 0.717) is 0 Å². The van der Waals surface area contributed by atoms with E-state index in [2.05, 4.69) is 21.7 Å². The Labute approximate surface area is 155 Å². The Hall–Kier alpha value is -1.75. The number of carbonyl (C=O) groups is 1. The molecule has 138 valence electrons. The maximum Gasteiger partial charge on any atom is 0.240 e. The molecular weight excluding hydrogens is 336 g/mol. The van der Waals surface area contributed by atoms with Crippen molar-refractivity contribution < 1.29 is 4.79 Å². The average Bonchev–Trinajstić information content (AvgIpc) is 3.27.